The third kappa shape index (κ3) is 5.64. The van der Waals surface area contributed by atoms with E-state index in [1.54, 1.807) is 0 Å². The molecule has 0 saturated carbocycles. The molecule has 0 amide bonds. The van der Waals surface area contributed by atoms with Crippen molar-refractivity contribution in [3.63, 3.8) is 0 Å². The van der Waals surface area contributed by atoms with Crippen molar-refractivity contribution in [3.05, 3.63) is 0 Å². The Morgan fingerprint density at radius 3 is 2.00 bits per heavy atom. The number of unbranched alkanes of at least 4 members (excludes halogenated alkanes) is 1. The molecular weight excluding hydrogens is 244 g/mol. The van der Waals surface area contributed by atoms with Crippen molar-refractivity contribution in [2.24, 2.45) is 5.92 Å². The van der Waals surface area contributed by atoms with Crippen LogP contribution in [0.15, 0.2) is 0 Å². The van der Waals surface area contributed by atoms with E-state index in [1.807, 2.05) is 0 Å². The number of hydrogen-bond donors (Lipinski definition) is 3. The molecule has 1 unspecified atom stereocenters. The van der Waals surface area contributed by atoms with Gasteiger partial charge in [-0.05, 0) is 18.4 Å². The van der Waals surface area contributed by atoms with Gasteiger partial charge in [0.1, 0.15) is 8.07 Å². The van der Waals surface area contributed by atoms with Crippen LogP contribution in [-0.2, 0) is 0 Å². The predicted molar refractivity (Wildman–Crippen MR) is 70.2 cm³/mol. The summed E-state index contributed by atoms with van der Waals surface area (Å²) >= 11 is 5.63. The quantitative estimate of drug-likeness (QED) is 0.319. The van der Waals surface area contributed by atoms with Crippen LogP contribution in [0.3, 0.4) is 0 Å². The lowest BCUT2D eigenvalue weighted by Gasteiger charge is -2.29. The van der Waals surface area contributed by atoms with E-state index >= 15 is 0 Å². The molecule has 1 atom stereocenters. The number of aliphatic hydroxyl groups is 3. The highest BCUT2D eigenvalue weighted by molar-refractivity contribution is 6.79. The Morgan fingerprint density at radius 1 is 1.06 bits per heavy atom. The molecule has 0 heterocycles. The Bertz CT molecular complexity index is 157. The fourth-order valence-corrected chi connectivity index (χ4v) is 4.53. The first-order valence-corrected chi connectivity index (χ1v) is 9.42. The molecule has 0 aromatic carbocycles. The van der Waals surface area contributed by atoms with E-state index in [0.717, 1.165) is 31.7 Å². The molecular formula is C11H25ClO3Si. The Hall–Kier alpha value is 0.387. The Kier molecular flexibility index (Phi) is 9.65. The molecule has 0 aliphatic heterocycles. The fourth-order valence-electron chi connectivity index (χ4n) is 1.93. The van der Waals surface area contributed by atoms with E-state index in [4.69, 9.17) is 11.6 Å². The van der Waals surface area contributed by atoms with Crippen LogP contribution in [0.5, 0.6) is 0 Å². The molecule has 3 nitrogen and oxygen atoms in total. The molecule has 0 bridgehead atoms. The van der Waals surface area contributed by atoms with Crippen LogP contribution in [0, 0.1) is 5.92 Å². The summed E-state index contributed by atoms with van der Waals surface area (Å²) < 4.78 is 0. The number of alkyl halides is 1. The molecule has 16 heavy (non-hydrogen) atoms. The normalized spacial score (nSPS) is 14.1. The Labute approximate surface area is 104 Å². The second-order valence-corrected chi connectivity index (χ2v) is 9.37. The van der Waals surface area contributed by atoms with Gasteiger partial charge in [0.25, 0.3) is 0 Å². The van der Waals surface area contributed by atoms with Gasteiger partial charge in [0.2, 0.25) is 0 Å². The van der Waals surface area contributed by atoms with Crippen LogP contribution < -0.4 is 0 Å². The van der Waals surface area contributed by atoms with Gasteiger partial charge >= 0.3 is 0 Å². The van der Waals surface area contributed by atoms with Gasteiger partial charge in [-0.15, -0.1) is 11.6 Å². The standard InChI is InChI=1S/C11H25ClO3Si/c1-2-11(5-3-4-6-12)7-16(8-13,9-14)10-15/h11,13-15H,2-10H2,1H3. The third-order valence-electron chi connectivity index (χ3n) is 3.30. The van der Waals surface area contributed by atoms with Crippen molar-refractivity contribution >= 4 is 19.7 Å². The summed E-state index contributed by atoms with van der Waals surface area (Å²) in [5, 5.41) is 27.9. The van der Waals surface area contributed by atoms with Gasteiger partial charge in [-0.2, -0.15) is 0 Å². The summed E-state index contributed by atoms with van der Waals surface area (Å²) in [7, 11) is -2.23. The second kappa shape index (κ2) is 9.42. The maximum atomic E-state index is 9.31. The zero-order chi connectivity index (χ0) is 12.4. The predicted octanol–water partition coefficient (Wildman–Crippen LogP) is 1.46. The molecule has 0 aromatic heterocycles. The van der Waals surface area contributed by atoms with Gasteiger partial charge in [0.05, 0.1) is 0 Å². The van der Waals surface area contributed by atoms with Crippen LogP contribution in [0.25, 0.3) is 0 Å². The molecule has 5 heteroatoms. The summed E-state index contributed by atoms with van der Waals surface area (Å²) in [6.07, 6.45) is 4.16. The molecule has 0 aromatic rings. The van der Waals surface area contributed by atoms with Crippen LogP contribution >= 0.6 is 11.6 Å². The van der Waals surface area contributed by atoms with Crippen molar-refractivity contribution in [3.8, 4) is 0 Å². The summed E-state index contributed by atoms with van der Waals surface area (Å²) in [5.74, 6) is 1.19. The molecule has 0 saturated heterocycles. The van der Waals surface area contributed by atoms with Gasteiger partial charge in [0, 0.05) is 24.6 Å². The summed E-state index contributed by atoms with van der Waals surface area (Å²) in [4.78, 5) is 0. The van der Waals surface area contributed by atoms with E-state index in [1.165, 1.54) is 0 Å². The average Bonchev–Trinajstić information content (AvgIpc) is 2.34. The van der Waals surface area contributed by atoms with Crippen molar-refractivity contribution in [2.45, 2.75) is 38.7 Å². The highest BCUT2D eigenvalue weighted by Crippen LogP contribution is 2.24. The zero-order valence-corrected chi connectivity index (χ0v) is 11.9. The van der Waals surface area contributed by atoms with Crippen molar-refractivity contribution in [1.29, 1.82) is 0 Å². The average molecular weight is 269 g/mol. The van der Waals surface area contributed by atoms with Gasteiger partial charge in [-0.1, -0.05) is 26.2 Å². The SMILES string of the molecule is CCC(CCCCCl)C[Si](CO)(CO)CO. The lowest BCUT2D eigenvalue weighted by molar-refractivity contribution is 0.281. The van der Waals surface area contributed by atoms with Crippen molar-refractivity contribution < 1.29 is 15.3 Å². The highest BCUT2D eigenvalue weighted by atomic mass is 35.5. The monoisotopic (exact) mass is 268 g/mol. The van der Waals surface area contributed by atoms with Crippen molar-refractivity contribution in [1.82, 2.24) is 0 Å². The minimum Gasteiger partial charge on any atom is -0.399 e. The molecule has 0 radical (unpaired) electrons. The lowest BCUT2D eigenvalue weighted by Crippen LogP contribution is -2.49. The minimum atomic E-state index is -2.23. The minimum absolute atomic E-state index is 0.0218. The van der Waals surface area contributed by atoms with Gasteiger partial charge in [-0.3, -0.25) is 0 Å². The first kappa shape index (κ1) is 16.4. The van der Waals surface area contributed by atoms with Crippen LogP contribution in [0.1, 0.15) is 32.6 Å². The van der Waals surface area contributed by atoms with Crippen LogP contribution in [-0.4, -0.2) is 48.0 Å². The zero-order valence-electron chi connectivity index (χ0n) is 10.2. The summed E-state index contributed by atoms with van der Waals surface area (Å²) in [6, 6.07) is 0.815. The Morgan fingerprint density at radius 2 is 1.62 bits per heavy atom. The van der Waals surface area contributed by atoms with E-state index in [2.05, 4.69) is 6.92 Å². The van der Waals surface area contributed by atoms with E-state index in [-0.39, 0.29) is 18.7 Å². The second-order valence-electron chi connectivity index (χ2n) is 4.64. The first-order chi connectivity index (χ1) is 7.67. The molecule has 0 aliphatic carbocycles. The smallest absolute Gasteiger partial charge is 0.140 e. The van der Waals surface area contributed by atoms with E-state index in [0.29, 0.717) is 11.8 Å². The maximum Gasteiger partial charge on any atom is 0.140 e. The number of aliphatic hydroxyl groups excluding tert-OH is 3. The molecule has 98 valence electrons. The molecule has 0 spiro atoms. The molecule has 3 N–H and O–H groups in total. The Balaban J connectivity index is 4.15. The molecule has 0 aliphatic rings. The van der Waals surface area contributed by atoms with Gasteiger partial charge in [-0.25, -0.2) is 0 Å². The molecule has 0 rings (SSSR count). The highest BCUT2D eigenvalue weighted by Gasteiger charge is 2.33. The number of hydrogen-bond acceptors (Lipinski definition) is 3. The number of halogens is 1. The maximum absolute atomic E-state index is 9.31. The largest absolute Gasteiger partial charge is 0.399 e. The van der Waals surface area contributed by atoms with Gasteiger partial charge in [0.15, 0.2) is 0 Å². The topological polar surface area (TPSA) is 60.7 Å². The third-order valence-corrected chi connectivity index (χ3v) is 7.02. The van der Waals surface area contributed by atoms with Crippen LogP contribution in [0.2, 0.25) is 6.04 Å². The summed E-state index contributed by atoms with van der Waals surface area (Å²) in [5.41, 5.74) is 0. The molecule has 0 fully saturated rings. The number of rotatable bonds is 10. The first-order valence-electron chi connectivity index (χ1n) is 6.06. The van der Waals surface area contributed by atoms with Crippen LogP contribution in [0.4, 0.5) is 0 Å². The fraction of sp³-hybridized carbons (Fsp3) is 1.00. The van der Waals surface area contributed by atoms with E-state index in [9.17, 15) is 15.3 Å². The van der Waals surface area contributed by atoms with Crippen molar-refractivity contribution in [2.75, 3.05) is 24.6 Å². The lowest BCUT2D eigenvalue weighted by atomic mass is 10.0. The summed E-state index contributed by atoms with van der Waals surface area (Å²) in [6.45, 7) is 2.12. The van der Waals surface area contributed by atoms with E-state index < -0.39 is 8.07 Å². The van der Waals surface area contributed by atoms with Gasteiger partial charge < -0.3 is 15.3 Å².